The molecule has 0 N–H and O–H groups in total. The van der Waals surface area contributed by atoms with E-state index in [1.54, 1.807) is 19.1 Å². The fourth-order valence-corrected chi connectivity index (χ4v) is 3.80. The summed E-state index contributed by atoms with van der Waals surface area (Å²) in [6, 6.07) is 15.6. The molecule has 6 heteroatoms. The summed E-state index contributed by atoms with van der Waals surface area (Å²) in [4.78, 5) is 13.1. The molecule has 1 heterocycles. The Labute approximate surface area is 162 Å². The molecule has 0 radical (unpaired) electrons. The molecule has 1 aliphatic rings. The lowest BCUT2D eigenvalue weighted by Crippen LogP contribution is -2.35. The van der Waals surface area contributed by atoms with Crippen molar-refractivity contribution in [3.63, 3.8) is 0 Å². The van der Waals surface area contributed by atoms with Crippen LogP contribution in [0.5, 0.6) is 0 Å². The van der Waals surface area contributed by atoms with Crippen molar-refractivity contribution in [2.75, 3.05) is 0 Å². The highest BCUT2D eigenvalue weighted by molar-refractivity contribution is 5.83. The fourth-order valence-electron chi connectivity index (χ4n) is 3.80. The van der Waals surface area contributed by atoms with E-state index in [2.05, 4.69) is 10.2 Å². The van der Waals surface area contributed by atoms with Crippen LogP contribution in [0.2, 0.25) is 0 Å². The number of benzene rings is 2. The van der Waals surface area contributed by atoms with E-state index in [0.29, 0.717) is 24.3 Å². The van der Waals surface area contributed by atoms with Crippen LogP contribution in [0.1, 0.15) is 50.2 Å². The van der Waals surface area contributed by atoms with Gasteiger partial charge in [-0.05, 0) is 49.6 Å². The van der Waals surface area contributed by atoms with Gasteiger partial charge in [0.15, 0.2) is 6.10 Å². The molecule has 28 heavy (non-hydrogen) atoms. The van der Waals surface area contributed by atoms with Crippen LogP contribution in [0.3, 0.4) is 0 Å². The van der Waals surface area contributed by atoms with E-state index in [1.807, 2.05) is 30.3 Å². The summed E-state index contributed by atoms with van der Waals surface area (Å²) in [6.07, 6.45) is 2.39. The smallest absolute Gasteiger partial charge is 0.317 e. The lowest BCUT2D eigenvalue weighted by Gasteiger charge is -2.28. The number of carbonyl (C=O) groups excluding carboxylic acids is 1. The molecule has 2 aromatic carbocycles. The molecule has 1 aliphatic carbocycles. The third kappa shape index (κ3) is 3.42. The molecule has 5 nitrogen and oxygen atoms in total. The molecule has 144 valence electrons. The summed E-state index contributed by atoms with van der Waals surface area (Å²) in [5, 5.41) is 8.07. The quantitative estimate of drug-likeness (QED) is 0.583. The first-order valence-electron chi connectivity index (χ1n) is 9.44. The van der Waals surface area contributed by atoms with Crippen molar-refractivity contribution in [1.29, 1.82) is 0 Å². The molecule has 3 aromatic rings. The SMILES string of the molecule is C[C@@H](OC(=O)C1(c2cccc(F)c2)CCCC1)c1nnc(-c2ccccc2)o1. The number of hydrogen-bond donors (Lipinski definition) is 0. The zero-order valence-electron chi connectivity index (χ0n) is 15.6. The van der Waals surface area contributed by atoms with Crippen LogP contribution in [0.15, 0.2) is 59.0 Å². The minimum Gasteiger partial charge on any atom is -0.452 e. The van der Waals surface area contributed by atoms with Crippen LogP contribution < -0.4 is 0 Å². The highest BCUT2D eigenvalue weighted by Gasteiger charge is 2.45. The number of nitrogens with zero attached hydrogens (tertiary/aromatic N) is 2. The number of esters is 1. The predicted molar refractivity (Wildman–Crippen MR) is 101 cm³/mol. The molecular weight excluding hydrogens is 359 g/mol. The van der Waals surface area contributed by atoms with E-state index < -0.39 is 11.5 Å². The summed E-state index contributed by atoms with van der Waals surface area (Å²) in [6.45, 7) is 1.70. The summed E-state index contributed by atoms with van der Waals surface area (Å²) >= 11 is 0. The molecule has 0 bridgehead atoms. The van der Waals surface area contributed by atoms with Gasteiger partial charge in [-0.25, -0.2) is 4.39 Å². The highest BCUT2D eigenvalue weighted by atomic mass is 19.1. The predicted octanol–water partition coefficient (Wildman–Crippen LogP) is 4.99. The van der Waals surface area contributed by atoms with Crippen LogP contribution in [0.25, 0.3) is 11.5 Å². The van der Waals surface area contributed by atoms with Crippen molar-refractivity contribution in [2.24, 2.45) is 0 Å². The average Bonchev–Trinajstić information content (AvgIpc) is 3.39. The number of halogens is 1. The van der Waals surface area contributed by atoms with Gasteiger partial charge in [0.1, 0.15) is 5.82 Å². The van der Waals surface area contributed by atoms with Crippen molar-refractivity contribution >= 4 is 5.97 Å². The zero-order chi connectivity index (χ0) is 19.6. The Morgan fingerprint density at radius 1 is 1.11 bits per heavy atom. The monoisotopic (exact) mass is 380 g/mol. The van der Waals surface area contributed by atoms with Crippen molar-refractivity contribution in [3.05, 3.63) is 71.9 Å². The van der Waals surface area contributed by atoms with Crippen molar-refractivity contribution in [2.45, 2.75) is 44.1 Å². The molecule has 0 amide bonds. The lowest BCUT2D eigenvalue weighted by atomic mass is 9.79. The van der Waals surface area contributed by atoms with Gasteiger partial charge in [-0.15, -0.1) is 10.2 Å². The number of ether oxygens (including phenoxy) is 1. The van der Waals surface area contributed by atoms with Gasteiger partial charge in [-0.3, -0.25) is 4.79 Å². The van der Waals surface area contributed by atoms with Gasteiger partial charge >= 0.3 is 5.97 Å². The van der Waals surface area contributed by atoms with Gasteiger partial charge in [0.05, 0.1) is 5.41 Å². The van der Waals surface area contributed by atoms with Crippen molar-refractivity contribution < 1.29 is 18.3 Å². The maximum Gasteiger partial charge on any atom is 0.317 e. The largest absolute Gasteiger partial charge is 0.452 e. The van der Waals surface area contributed by atoms with Gasteiger partial charge in [-0.1, -0.05) is 43.2 Å². The molecule has 0 aliphatic heterocycles. The molecule has 0 unspecified atom stereocenters. The normalized spacial score (nSPS) is 16.6. The van der Waals surface area contributed by atoms with Gasteiger partial charge in [0.2, 0.25) is 5.89 Å². The van der Waals surface area contributed by atoms with Crippen LogP contribution in [-0.2, 0) is 14.9 Å². The fraction of sp³-hybridized carbons (Fsp3) is 0.318. The molecule has 1 aromatic heterocycles. The summed E-state index contributed by atoms with van der Waals surface area (Å²) in [7, 11) is 0. The standard InChI is InChI=1S/C22H21FN2O3/c1-15(19-24-25-20(28-19)16-8-3-2-4-9-16)27-21(26)22(12-5-6-13-22)17-10-7-11-18(23)14-17/h2-4,7-11,14-15H,5-6,12-13H2,1H3/t15-/m1/s1. The summed E-state index contributed by atoms with van der Waals surface area (Å²) in [5.74, 6) is -0.115. The zero-order valence-corrected chi connectivity index (χ0v) is 15.6. The van der Waals surface area contributed by atoms with E-state index in [0.717, 1.165) is 18.4 Å². The Bertz CT molecular complexity index is 965. The minimum atomic E-state index is -0.821. The number of hydrogen-bond acceptors (Lipinski definition) is 5. The number of rotatable bonds is 5. The number of aromatic nitrogens is 2. The van der Waals surface area contributed by atoms with E-state index in [4.69, 9.17) is 9.15 Å². The first-order valence-corrected chi connectivity index (χ1v) is 9.44. The second kappa shape index (κ2) is 7.54. The topological polar surface area (TPSA) is 65.2 Å². The second-order valence-electron chi connectivity index (χ2n) is 7.16. The molecular formula is C22H21FN2O3. The summed E-state index contributed by atoms with van der Waals surface area (Å²) < 4.78 is 25.2. The minimum absolute atomic E-state index is 0.236. The Balaban J connectivity index is 1.54. The first-order chi connectivity index (χ1) is 13.6. The molecule has 0 saturated heterocycles. The molecule has 0 spiro atoms. The van der Waals surface area contributed by atoms with E-state index in [1.165, 1.54) is 12.1 Å². The van der Waals surface area contributed by atoms with Gasteiger partial charge in [-0.2, -0.15) is 0 Å². The van der Waals surface area contributed by atoms with Gasteiger partial charge in [0.25, 0.3) is 5.89 Å². The third-order valence-electron chi connectivity index (χ3n) is 5.32. The Morgan fingerprint density at radius 2 is 1.86 bits per heavy atom. The van der Waals surface area contributed by atoms with Gasteiger partial charge < -0.3 is 9.15 Å². The Hall–Kier alpha value is -3.02. The lowest BCUT2D eigenvalue weighted by molar-refractivity contribution is -0.156. The number of carbonyl (C=O) groups is 1. The third-order valence-corrected chi connectivity index (χ3v) is 5.32. The van der Waals surface area contributed by atoms with E-state index >= 15 is 0 Å². The Kier molecular flexibility index (Phi) is 4.94. The van der Waals surface area contributed by atoms with Crippen molar-refractivity contribution in [3.8, 4) is 11.5 Å². The average molecular weight is 380 g/mol. The Morgan fingerprint density at radius 3 is 2.57 bits per heavy atom. The van der Waals surface area contributed by atoms with Gasteiger partial charge in [0, 0.05) is 5.56 Å². The van der Waals surface area contributed by atoms with Crippen LogP contribution >= 0.6 is 0 Å². The van der Waals surface area contributed by atoms with Crippen LogP contribution in [0.4, 0.5) is 4.39 Å². The van der Waals surface area contributed by atoms with Crippen molar-refractivity contribution in [1.82, 2.24) is 10.2 Å². The molecule has 1 atom stereocenters. The maximum absolute atomic E-state index is 13.8. The second-order valence-corrected chi connectivity index (χ2v) is 7.16. The maximum atomic E-state index is 13.8. The molecule has 1 fully saturated rings. The van der Waals surface area contributed by atoms with Crippen LogP contribution in [-0.4, -0.2) is 16.2 Å². The summed E-state index contributed by atoms with van der Waals surface area (Å²) in [5.41, 5.74) is 0.642. The van der Waals surface area contributed by atoms with Crippen LogP contribution in [0, 0.1) is 5.82 Å². The molecule has 1 saturated carbocycles. The first kappa shape index (κ1) is 18.3. The van der Waals surface area contributed by atoms with E-state index in [-0.39, 0.29) is 17.7 Å². The molecule has 4 rings (SSSR count). The van der Waals surface area contributed by atoms with E-state index in [9.17, 15) is 9.18 Å². The highest BCUT2D eigenvalue weighted by Crippen LogP contribution is 2.43.